The predicted molar refractivity (Wildman–Crippen MR) is 68.9 cm³/mol. The summed E-state index contributed by atoms with van der Waals surface area (Å²) in [4.78, 5) is 6.19. The highest BCUT2D eigenvalue weighted by atomic mass is 32.1. The molecule has 0 radical (unpaired) electrons. The third-order valence-electron chi connectivity index (χ3n) is 2.94. The van der Waals surface area contributed by atoms with E-state index in [0.29, 0.717) is 0 Å². The van der Waals surface area contributed by atoms with E-state index in [1.165, 1.54) is 15.6 Å². The molecule has 1 nitrogen and oxygen atoms in total. The second-order valence-corrected chi connectivity index (χ2v) is 7.10. The van der Waals surface area contributed by atoms with E-state index in [9.17, 15) is 0 Å². The fraction of sp³-hybridized carbons (Fsp3) is 0.769. The molecule has 1 rings (SSSR count). The second-order valence-electron chi connectivity index (χ2n) is 5.90. The van der Waals surface area contributed by atoms with Crippen LogP contribution in [0.3, 0.4) is 0 Å². The average molecular weight is 225 g/mol. The molecule has 86 valence electrons. The van der Waals surface area contributed by atoms with Gasteiger partial charge < -0.3 is 0 Å². The minimum Gasteiger partial charge on any atom is -0.246 e. The molecule has 0 bridgehead atoms. The first-order valence-corrected chi connectivity index (χ1v) is 6.48. The van der Waals surface area contributed by atoms with Crippen LogP contribution >= 0.6 is 11.3 Å². The van der Waals surface area contributed by atoms with Gasteiger partial charge >= 0.3 is 0 Å². The summed E-state index contributed by atoms with van der Waals surface area (Å²) in [7, 11) is 0. The summed E-state index contributed by atoms with van der Waals surface area (Å²) < 4.78 is 0. The van der Waals surface area contributed by atoms with E-state index in [2.05, 4.69) is 48.5 Å². The molecular weight excluding hydrogens is 202 g/mol. The lowest BCUT2D eigenvalue weighted by Gasteiger charge is -2.26. The largest absolute Gasteiger partial charge is 0.246 e. The van der Waals surface area contributed by atoms with Crippen molar-refractivity contribution in [2.45, 2.75) is 65.7 Å². The molecule has 0 aliphatic heterocycles. The van der Waals surface area contributed by atoms with Crippen LogP contribution in [0.25, 0.3) is 0 Å². The highest BCUT2D eigenvalue weighted by molar-refractivity contribution is 7.11. The number of hydrogen-bond acceptors (Lipinski definition) is 2. The molecule has 0 spiro atoms. The lowest BCUT2D eigenvalue weighted by atomic mass is 9.81. The number of aryl methyl sites for hydroxylation is 1. The van der Waals surface area contributed by atoms with Crippen LogP contribution in [0, 0.1) is 6.92 Å². The van der Waals surface area contributed by atoms with Gasteiger partial charge in [0.1, 0.15) is 0 Å². The molecule has 0 saturated heterocycles. The van der Waals surface area contributed by atoms with Crippen molar-refractivity contribution in [3.8, 4) is 0 Å². The maximum atomic E-state index is 4.74. The summed E-state index contributed by atoms with van der Waals surface area (Å²) in [5.74, 6) is 0. The molecule has 0 fully saturated rings. The van der Waals surface area contributed by atoms with Crippen LogP contribution < -0.4 is 0 Å². The summed E-state index contributed by atoms with van der Waals surface area (Å²) >= 11 is 1.85. The van der Waals surface area contributed by atoms with Crippen molar-refractivity contribution in [3.05, 3.63) is 15.6 Å². The zero-order chi connectivity index (χ0) is 11.9. The van der Waals surface area contributed by atoms with Crippen molar-refractivity contribution in [1.29, 1.82) is 0 Å². The molecule has 1 aromatic rings. The molecule has 0 saturated carbocycles. The Morgan fingerprint density at radius 2 is 1.67 bits per heavy atom. The lowest BCUT2D eigenvalue weighted by molar-refractivity contribution is 0.471. The zero-order valence-electron chi connectivity index (χ0n) is 11.1. The van der Waals surface area contributed by atoms with Crippen molar-refractivity contribution in [2.24, 2.45) is 0 Å². The molecule has 0 amide bonds. The van der Waals surface area contributed by atoms with Gasteiger partial charge in [-0.3, -0.25) is 0 Å². The van der Waals surface area contributed by atoms with Crippen LogP contribution in [-0.4, -0.2) is 4.98 Å². The van der Waals surface area contributed by atoms with E-state index in [-0.39, 0.29) is 10.8 Å². The van der Waals surface area contributed by atoms with Gasteiger partial charge in [0.25, 0.3) is 0 Å². The van der Waals surface area contributed by atoms with E-state index in [1.807, 2.05) is 11.3 Å². The van der Waals surface area contributed by atoms with Gasteiger partial charge in [-0.1, -0.05) is 41.5 Å². The zero-order valence-corrected chi connectivity index (χ0v) is 11.9. The Bertz CT molecular complexity index is 342. The molecule has 0 aromatic carbocycles. The summed E-state index contributed by atoms with van der Waals surface area (Å²) in [6.07, 6.45) is 1.14. The number of aromatic nitrogens is 1. The number of thiazole rings is 1. The topological polar surface area (TPSA) is 12.9 Å². The predicted octanol–water partition coefficient (Wildman–Crippen LogP) is 4.44. The molecule has 1 aromatic heterocycles. The molecule has 0 atom stereocenters. The standard InChI is InChI=1S/C13H23NS/c1-8-13(6,7)10-11(12(3,4)5)15-9(2)14-10/h8H2,1-7H3. The van der Waals surface area contributed by atoms with Gasteiger partial charge in [-0.2, -0.15) is 0 Å². The van der Waals surface area contributed by atoms with Gasteiger partial charge in [-0.05, 0) is 18.8 Å². The first-order chi connectivity index (χ1) is 6.68. The number of nitrogens with zero attached hydrogens (tertiary/aromatic N) is 1. The summed E-state index contributed by atoms with van der Waals surface area (Å²) in [5.41, 5.74) is 1.72. The Hall–Kier alpha value is -0.370. The normalized spacial score (nSPS) is 13.3. The molecule has 0 aliphatic rings. The van der Waals surface area contributed by atoms with E-state index < -0.39 is 0 Å². The number of rotatable bonds is 2. The van der Waals surface area contributed by atoms with Gasteiger partial charge in [0.2, 0.25) is 0 Å². The molecule has 2 heteroatoms. The SMILES string of the molecule is CCC(C)(C)c1nc(C)sc1C(C)(C)C. The fourth-order valence-electron chi connectivity index (χ4n) is 1.56. The summed E-state index contributed by atoms with van der Waals surface area (Å²) in [5, 5.41) is 1.19. The van der Waals surface area contributed by atoms with Crippen molar-refractivity contribution < 1.29 is 0 Å². The first kappa shape index (κ1) is 12.7. The van der Waals surface area contributed by atoms with Crippen molar-refractivity contribution in [2.75, 3.05) is 0 Å². The minimum atomic E-state index is 0.202. The fourth-order valence-corrected chi connectivity index (χ4v) is 2.72. The third-order valence-corrected chi connectivity index (χ3v) is 4.34. The van der Waals surface area contributed by atoms with Crippen LogP contribution in [0.15, 0.2) is 0 Å². The molecule has 15 heavy (non-hydrogen) atoms. The van der Waals surface area contributed by atoms with Crippen LogP contribution in [0.2, 0.25) is 0 Å². The van der Waals surface area contributed by atoms with Crippen LogP contribution in [0.1, 0.15) is 63.5 Å². The van der Waals surface area contributed by atoms with Gasteiger partial charge in [-0.15, -0.1) is 11.3 Å². The number of hydrogen-bond donors (Lipinski definition) is 0. The summed E-state index contributed by atoms with van der Waals surface area (Å²) in [6.45, 7) is 15.7. The Balaban J connectivity index is 3.30. The molecular formula is C13H23NS. The van der Waals surface area contributed by atoms with Gasteiger partial charge in [-0.25, -0.2) is 4.98 Å². The Morgan fingerprint density at radius 1 is 1.13 bits per heavy atom. The molecule has 0 aliphatic carbocycles. The minimum absolute atomic E-state index is 0.202. The van der Waals surface area contributed by atoms with Crippen molar-refractivity contribution in [1.82, 2.24) is 4.98 Å². The van der Waals surface area contributed by atoms with E-state index in [0.717, 1.165) is 6.42 Å². The van der Waals surface area contributed by atoms with E-state index in [4.69, 9.17) is 4.98 Å². The second kappa shape index (κ2) is 3.89. The van der Waals surface area contributed by atoms with Gasteiger partial charge in [0.05, 0.1) is 10.7 Å². The Kier molecular flexibility index (Phi) is 3.30. The summed E-state index contributed by atoms with van der Waals surface area (Å²) in [6, 6.07) is 0. The highest BCUT2D eigenvalue weighted by Gasteiger charge is 2.30. The van der Waals surface area contributed by atoms with E-state index in [1.54, 1.807) is 0 Å². The van der Waals surface area contributed by atoms with Crippen LogP contribution in [-0.2, 0) is 10.8 Å². The van der Waals surface area contributed by atoms with Gasteiger partial charge in [0, 0.05) is 10.3 Å². The Morgan fingerprint density at radius 3 is 2.07 bits per heavy atom. The monoisotopic (exact) mass is 225 g/mol. The molecule has 0 N–H and O–H groups in total. The lowest BCUT2D eigenvalue weighted by Crippen LogP contribution is -2.22. The van der Waals surface area contributed by atoms with Gasteiger partial charge in [0.15, 0.2) is 0 Å². The molecule has 0 unspecified atom stereocenters. The van der Waals surface area contributed by atoms with Crippen LogP contribution in [0.4, 0.5) is 0 Å². The van der Waals surface area contributed by atoms with Crippen molar-refractivity contribution in [3.63, 3.8) is 0 Å². The van der Waals surface area contributed by atoms with Crippen molar-refractivity contribution >= 4 is 11.3 Å². The maximum Gasteiger partial charge on any atom is 0.0900 e. The smallest absolute Gasteiger partial charge is 0.0900 e. The quantitative estimate of drug-likeness (QED) is 0.725. The van der Waals surface area contributed by atoms with E-state index >= 15 is 0 Å². The molecule has 1 heterocycles. The third kappa shape index (κ3) is 2.60. The average Bonchev–Trinajstić information content (AvgIpc) is 2.47. The maximum absolute atomic E-state index is 4.74. The Labute approximate surface area is 97.9 Å². The highest BCUT2D eigenvalue weighted by Crippen LogP contribution is 2.38. The first-order valence-electron chi connectivity index (χ1n) is 5.67. The van der Waals surface area contributed by atoms with Crippen LogP contribution in [0.5, 0.6) is 0 Å².